The van der Waals surface area contributed by atoms with Crippen LogP contribution in [0.3, 0.4) is 0 Å². The van der Waals surface area contributed by atoms with Crippen LogP contribution in [0.2, 0.25) is 5.02 Å². The number of halogens is 2. The number of piperidine rings is 1. The first-order valence-electron chi connectivity index (χ1n) is 7.75. The van der Waals surface area contributed by atoms with Gasteiger partial charge in [-0.15, -0.1) is 0 Å². The third-order valence-corrected chi connectivity index (χ3v) is 4.78. The second-order valence-corrected chi connectivity index (χ2v) is 6.79. The number of carbonyl (C=O) groups is 2. The number of carbonyl (C=O) groups excluding carboxylic acids is 1. The summed E-state index contributed by atoms with van der Waals surface area (Å²) in [6, 6.07) is 3.97. The van der Waals surface area contributed by atoms with E-state index in [1.165, 1.54) is 18.2 Å². The number of hydrogen-bond acceptors (Lipinski definition) is 2. The zero-order valence-electron chi connectivity index (χ0n) is 13.3. The molecule has 1 saturated heterocycles. The molecule has 0 radical (unpaired) electrons. The number of amides is 1. The van der Waals surface area contributed by atoms with E-state index in [2.05, 4.69) is 0 Å². The summed E-state index contributed by atoms with van der Waals surface area (Å²) in [6.07, 6.45) is 1.31. The van der Waals surface area contributed by atoms with Gasteiger partial charge in [0.05, 0.1) is 12.3 Å². The number of carboxylic acids is 1. The molecule has 2 atom stereocenters. The highest BCUT2D eigenvalue weighted by molar-refractivity contribution is 6.31. The quantitative estimate of drug-likeness (QED) is 0.913. The second kappa shape index (κ2) is 7.30. The van der Waals surface area contributed by atoms with Gasteiger partial charge in [-0.05, 0) is 36.5 Å². The van der Waals surface area contributed by atoms with Gasteiger partial charge in [-0.3, -0.25) is 9.59 Å². The molecule has 126 valence electrons. The third kappa shape index (κ3) is 4.22. The normalized spacial score (nSPS) is 21.5. The van der Waals surface area contributed by atoms with E-state index in [9.17, 15) is 19.1 Å². The molecule has 1 fully saturated rings. The van der Waals surface area contributed by atoms with Crippen LogP contribution in [0.15, 0.2) is 18.2 Å². The predicted molar refractivity (Wildman–Crippen MR) is 85.8 cm³/mol. The van der Waals surface area contributed by atoms with Crippen molar-refractivity contribution in [3.05, 3.63) is 34.6 Å². The second-order valence-electron chi connectivity index (χ2n) is 6.38. The van der Waals surface area contributed by atoms with Gasteiger partial charge in [0.2, 0.25) is 5.91 Å². The number of aliphatic carboxylic acids is 1. The van der Waals surface area contributed by atoms with Crippen molar-refractivity contribution in [2.45, 2.75) is 39.2 Å². The van der Waals surface area contributed by atoms with Crippen molar-refractivity contribution in [2.75, 3.05) is 6.54 Å². The molecule has 0 aliphatic carbocycles. The Bertz CT molecular complexity index is 606. The molecule has 1 aromatic rings. The zero-order chi connectivity index (χ0) is 17.1. The van der Waals surface area contributed by atoms with E-state index in [4.69, 9.17) is 11.6 Å². The summed E-state index contributed by atoms with van der Waals surface area (Å²) >= 11 is 5.99. The summed E-state index contributed by atoms with van der Waals surface area (Å²) < 4.78 is 13.1. The number of carboxylic acid groups (broad SMARTS) is 1. The molecule has 1 aromatic carbocycles. The van der Waals surface area contributed by atoms with Crippen molar-refractivity contribution in [3.63, 3.8) is 0 Å². The maximum Gasteiger partial charge on any atom is 0.308 e. The highest BCUT2D eigenvalue weighted by Gasteiger charge is 2.36. The minimum Gasteiger partial charge on any atom is -0.481 e. The topological polar surface area (TPSA) is 57.6 Å². The number of rotatable bonds is 4. The Morgan fingerprint density at radius 2 is 2.09 bits per heavy atom. The first-order chi connectivity index (χ1) is 10.8. The maximum atomic E-state index is 13.1. The minimum atomic E-state index is -0.871. The first kappa shape index (κ1) is 17.7. The highest BCUT2D eigenvalue weighted by Crippen LogP contribution is 2.28. The van der Waals surface area contributed by atoms with Crippen LogP contribution in [0, 0.1) is 17.7 Å². The van der Waals surface area contributed by atoms with Gasteiger partial charge in [-0.25, -0.2) is 4.39 Å². The van der Waals surface area contributed by atoms with Crippen molar-refractivity contribution in [2.24, 2.45) is 11.8 Å². The van der Waals surface area contributed by atoms with Crippen LogP contribution >= 0.6 is 11.6 Å². The van der Waals surface area contributed by atoms with Crippen LogP contribution in [-0.4, -0.2) is 34.5 Å². The van der Waals surface area contributed by atoms with Gasteiger partial charge >= 0.3 is 5.97 Å². The fraction of sp³-hybridized carbons (Fsp3) is 0.529. The van der Waals surface area contributed by atoms with Crippen molar-refractivity contribution < 1.29 is 19.1 Å². The lowest BCUT2D eigenvalue weighted by Gasteiger charge is -2.40. The molecule has 1 N–H and O–H groups in total. The van der Waals surface area contributed by atoms with Gasteiger partial charge in [-0.1, -0.05) is 31.5 Å². The van der Waals surface area contributed by atoms with Crippen LogP contribution in [0.5, 0.6) is 0 Å². The molecular weight excluding hydrogens is 321 g/mol. The smallest absolute Gasteiger partial charge is 0.308 e. The van der Waals surface area contributed by atoms with Crippen LogP contribution in [0.25, 0.3) is 0 Å². The van der Waals surface area contributed by atoms with Crippen molar-refractivity contribution in [1.82, 2.24) is 4.90 Å². The zero-order valence-corrected chi connectivity index (χ0v) is 14.0. The lowest BCUT2D eigenvalue weighted by Crippen LogP contribution is -2.51. The summed E-state index contributed by atoms with van der Waals surface area (Å²) in [5.74, 6) is -1.77. The van der Waals surface area contributed by atoms with E-state index in [0.29, 0.717) is 18.4 Å². The molecule has 0 aromatic heterocycles. The summed E-state index contributed by atoms with van der Waals surface area (Å²) in [5, 5.41) is 9.44. The first-order valence-corrected chi connectivity index (χ1v) is 8.13. The monoisotopic (exact) mass is 341 g/mol. The summed E-state index contributed by atoms with van der Waals surface area (Å²) in [6.45, 7) is 4.27. The van der Waals surface area contributed by atoms with Crippen LogP contribution < -0.4 is 0 Å². The lowest BCUT2D eigenvalue weighted by molar-refractivity contribution is -0.148. The molecule has 1 aliphatic rings. The molecule has 6 heteroatoms. The van der Waals surface area contributed by atoms with E-state index in [0.717, 1.165) is 0 Å². The van der Waals surface area contributed by atoms with Crippen molar-refractivity contribution in [3.8, 4) is 0 Å². The van der Waals surface area contributed by atoms with Gasteiger partial charge < -0.3 is 10.0 Å². The Kier molecular flexibility index (Phi) is 5.63. The van der Waals surface area contributed by atoms with Crippen LogP contribution in [0.1, 0.15) is 32.3 Å². The van der Waals surface area contributed by atoms with Gasteiger partial charge in [0.25, 0.3) is 0 Å². The third-order valence-electron chi connectivity index (χ3n) is 4.42. The van der Waals surface area contributed by atoms with E-state index < -0.39 is 17.7 Å². The number of likely N-dealkylation sites (tertiary alicyclic amines) is 1. The number of hydrogen-bond donors (Lipinski definition) is 1. The standard InChI is InChI=1S/C17H21ClFNO3/c1-10(2)15-6-4-12(17(22)23)9-20(15)16(21)7-11-3-5-13(19)8-14(11)18/h3,5,8,10,12,15H,4,6-7,9H2,1-2H3,(H,22,23). The summed E-state index contributed by atoms with van der Waals surface area (Å²) in [5.41, 5.74) is 0.554. The number of nitrogens with zero attached hydrogens (tertiary/aromatic N) is 1. The maximum absolute atomic E-state index is 13.1. The Morgan fingerprint density at radius 3 is 2.65 bits per heavy atom. The predicted octanol–water partition coefficient (Wildman–Crippen LogP) is 3.37. The molecule has 1 amide bonds. The molecule has 2 unspecified atom stereocenters. The SMILES string of the molecule is CC(C)C1CCC(C(=O)O)CN1C(=O)Cc1ccc(F)cc1Cl. The Balaban J connectivity index is 2.17. The largest absolute Gasteiger partial charge is 0.481 e. The summed E-state index contributed by atoms with van der Waals surface area (Å²) in [7, 11) is 0. The fourth-order valence-electron chi connectivity index (χ4n) is 3.10. The molecule has 23 heavy (non-hydrogen) atoms. The van der Waals surface area contributed by atoms with Gasteiger partial charge in [0.15, 0.2) is 0 Å². The lowest BCUT2D eigenvalue weighted by atomic mass is 9.87. The fourth-order valence-corrected chi connectivity index (χ4v) is 3.34. The molecule has 0 bridgehead atoms. The van der Waals surface area contributed by atoms with E-state index >= 15 is 0 Å². The van der Waals surface area contributed by atoms with E-state index in [1.54, 1.807) is 4.90 Å². The molecular formula is C17H21ClFNO3. The molecule has 0 saturated carbocycles. The number of benzene rings is 1. The highest BCUT2D eigenvalue weighted by atomic mass is 35.5. The van der Waals surface area contributed by atoms with Gasteiger partial charge in [-0.2, -0.15) is 0 Å². The molecule has 0 spiro atoms. The minimum absolute atomic E-state index is 0.0253. The van der Waals surface area contributed by atoms with Gasteiger partial charge in [0.1, 0.15) is 5.82 Å². The van der Waals surface area contributed by atoms with E-state index in [-0.39, 0.29) is 35.9 Å². The van der Waals surface area contributed by atoms with E-state index in [1.807, 2.05) is 13.8 Å². The van der Waals surface area contributed by atoms with Crippen LogP contribution in [-0.2, 0) is 16.0 Å². The molecule has 1 aliphatic heterocycles. The Hall–Kier alpha value is -1.62. The Morgan fingerprint density at radius 1 is 1.39 bits per heavy atom. The molecule has 1 heterocycles. The van der Waals surface area contributed by atoms with Gasteiger partial charge in [0, 0.05) is 17.6 Å². The average Bonchev–Trinajstić information content (AvgIpc) is 2.49. The molecule has 4 nitrogen and oxygen atoms in total. The molecule has 2 rings (SSSR count). The van der Waals surface area contributed by atoms with Crippen LogP contribution in [0.4, 0.5) is 4.39 Å². The Labute approximate surface area is 140 Å². The van der Waals surface area contributed by atoms with Crippen molar-refractivity contribution in [1.29, 1.82) is 0 Å². The average molecular weight is 342 g/mol. The summed E-state index contributed by atoms with van der Waals surface area (Å²) in [4.78, 5) is 25.6. The van der Waals surface area contributed by atoms with Crippen molar-refractivity contribution >= 4 is 23.5 Å².